The highest BCUT2D eigenvalue weighted by Crippen LogP contribution is 2.18. The number of nitrogens with one attached hydrogen (secondary N) is 1. The zero-order chi connectivity index (χ0) is 18.7. The number of aliphatic carboxylic acids is 1. The SMILES string of the molecule is Cc1nccn1-c1ccc(CNC(=O)N2CCC(C(=O)O)CC2)cc1F. The third-order valence-electron chi connectivity index (χ3n) is 4.67. The number of imidazole rings is 1. The van der Waals surface area contributed by atoms with Gasteiger partial charge in [-0.05, 0) is 37.5 Å². The predicted octanol–water partition coefficient (Wildman–Crippen LogP) is 2.33. The lowest BCUT2D eigenvalue weighted by atomic mass is 9.97. The fourth-order valence-corrected chi connectivity index (χ4v) is 3.11. The van der Waals surface area contributed by atoms with E-state index >= 15 is 0 Å². The molecule has 0 saturated carbocycles. The monoisotopic (exact) mass is 360 g/mol. The number of likely N-dealkylation sites (tertiary alicyclic amines) is 1. The normalized spacial score (nSPS) is 15.1. The molecular formula is C18H21FN4O3. The molecule has 7 nitrogen and oxygen atoms in total. The van der Waals surface area contributed by atoms with Crippen LogP contribution in [0.1, 0.15) is 24.2 Å². The van der Waals surface area contributed by atoms with Crippen LogP contribution in [0.5, 0.6) is 0 Å². The molecule has 2 aromatic rings. The van der Waals surface area contributed by atoms with Crippen molar-refractivity contribution in [1.29, 1.82) is 0 Å². The standard InChI is InChI=1S/C18H21FN4O3/c1-12-20-6-9-23(12)16-3-2-13(10-15(16)19)11-21-18(26)22-7-4-14(5-8-22)17(24)25/h2-3,6,9-10,14H,4-5,7-8,11H2,1H3,(H,21,26)(H,24,25). The van der Waals surface area contributed by atoms with E-state index in [-0.39, 0.29) is 24.3 Å². The van der Waals surface area contributed by atoms with Gasteiger partial charge < -0.3 is 19.9 Å². The van der Waals surface area contributed by atoms with E-state index in [0.29, 0.717) is 43.0 Å². The van der Waals surface area contributed by atoms with Gasteiger partial charge in [0.1, 0.15) is 11.6 Å². The van der Waals surface area contributed by atoms with Gasteiger partial charge in [0.05, 0.1) is 11.6 Å². The first-order chi connectivity index (χ1) is 12.5. The van der Waals surface area contributed by atoms with Crippen LogP contribution in [0, 0.1) is 18.7 Å². The van der Waals surface area contributed by atoms with Gasteiger partial charge in [0.25, 0.3) is 0 Å². The smallest absolute Gasteiger partial charge is 0.317 e. The first-order valence-corrected chi connectivity index (χ1v) is 8.50. The van der Waals surface area contributed by atoms with Gasteiger partial charge in [-0.15, -0.1) is 0 Å². The van der Waals surface area contributed by atoms with Crippen LogP contribution in [0.15, 0.2) is 30.6 Å². The molecule has 0 atom stereocenters. The van der Waals surface area contributed by atoms with E-state index in [9.17, 15) is 14.0 Å². The third-order valence-corrected chi connectivity index (χ3v) is 4.67. The van der Waals surface area contributed by atoms with Gasteiger partial charge in [-0.3, -0.25) is 4.79 Å². The number of carboxylic acids is 1. The molecule has 138 valence electrons. The minimum atomic E-state index is -0.811. The summed E-state index contributed by atoms with van der Waals surface area (Å²) in [5.41, 5.74) is 1.06. The van der Waals surface area contributed by atoms with Gasteiger partial charge in [0.2, 0.25) is 0 Å². The average molecular weight is 360 g/mol. The Kier molecular flexibility index (Phi) is 5.20. The van der Waals surface area contributed by atoms with Crippen molar-refractivity contribution in [2.75, 3.05) is 13.1 Å². The summed E-state index contributed by atoms with van der Waals surface area (Å²) >= 11 is 0. The van der Waals surface area contributed by atoms with Gasteiger partial charge >= 0.3 is 12.0 Å². The van der Waals surface area contributed by atoms with Crippen LogP contribution in [0.4, 0.5) is 9.18 Å². The number of carbonyl (C=O) groups is 2. The number of benzene rings is 1. The summed E-state index contributed by atoms with van der Waals surface area (Å²) in [6.45, 7) is 2.82. The molecule has 1 saturated heterocycles. The Balaban J connectivity index is 1.57. The Labute approximate surface area is 150 Å². The highest BCUT2D eigenvalue weighted by molar-refractivity contribution is 5.75. The Morgan fingerprint density at radius 3 is 2.65 bits per heavy atom. The number of rotatable bonds is 4. The van der Waals surface area contributed by atoms with Crippen molar-refractivity contribution in [1.82, 2.24) is 19.8 Å². The summed E-state index contributed by atoms with van der Waals surface area (Å²) < 4.78 is 16.0. The molecule has 1 aromatic carbocycles. The number of nitrogens with zero attached hydrogens (tertiary/aromatic N) is 3. The van der Waals surface area contributed by atoms with Crippen LogP contribution in [0.25, 0.3) is 5.69 Å². The van der Waals surface area contributed by atoms with Crippen LogP contribution in [-0.2, 0) is 11.3 Å². The second-order valence-corrected chi connectivity index (χ2v) is 6.39. The van der Waals surface area contributed by atoms with Crippen molar-refractivity contribution in [3.63, 3.8) is 0 Å². The van der Waals surface area contributed by atoms with E-state index < -0.39 is 5.97 Å². The van der Waals surface area contributed by atoms with E-state index in [2.05, 4.69) is 10.3 Å². The number of aryl methyl sites for hydroxylation is 1. The van der Waals surface area contributed by atoms with Crippen molar-refractivity contribution < 1.29 is 19.1 Å². The molecule has 1 aliphatic heterocycles. The molecular weight excluding hydrogens is 339 g/mol. The highest BCUT2D eigenvalue weighted by Gasteiger charge is 2.26. The van der Waals surface area contributed by atoms with Crippen molar-refractivity contribution in [3.05, 3.63) is 47.8 Å². The third kappa shape index (κ3) is 3.84. The number of carbonyl (C=O) groups excluding carboxylic acids is 1. The van der Waals surface area contributed by atoms with Gasteiger partial charge in [-0.2, -0.15) is 0 Å². The molecule has 3 rings (SSSR count). The fraction of sp³-hybridized carbons (Fsp3) is 0.389. The Morgan fingerprint density at radius 1 is 1.35 bits per heavy atom. The van der Waals surface area contributed by atoms with Crippen molar-refractivity contribution in [2.45, 2.75) is 26.3 Å². The number of halogens is 1. The molecule has 0 radical (unpaired) electrons. The maximum absolute atomic E-state index is 14.4. The Bertz CT molecular complexity index is 813. The first-order valence-electron chi connectivity index (χ1n) is 8.50. The summed E-state index contributed by atoms with van der Waals surface area (Å²) in [6, 6.07) is 4.55. The second-order valence-electron chi connectivity index (χ2n) is 6.39. The maximum atomic E-state index is 14.4. The molecule has 0 aliphatic carbocycles. The van der Waals surface area contributed by atoms with Crippen LogP contribution in [-0.4, -0.2) is 44.6 Å². The first kappa shape index (κ1) is 17.9. The van der Waals surface area contributed by atoms with Gasteiger partial charge in [-0.25, -0.2) is 14.2 Å². The minimum absolute atomic E-state index is 0.206. The fourth-order valence-electron chi connectivity index (χ4n) is 3.11. The zero-order valence-corrected chi connectivity index (χ0v) is 14.5. The maximum Gasteiger partial charge on any atom is 0.317 e. The largest absolute Gasteiger partial charge is 0.481 e. The molecule has 2 heterocycles. The van der Waals surface area contributed by atoms with Crippen molar-refractivity contribution in [3.8, 4) is 5.69 Å². The molecule has 1 aromatic heterocycles. The molecule has 1 aliphatic rings. The number of carboxylic acid groups (broad SMARTS) is 1. The molecule has 26 heavy (non-hydrogen) atoms. The quantitative estimate of drug-likeness (QED) is 0.876. The molecule has 0 spiro atoms. The summed E-state index contributed by atoms with van der Waals surface area (Å²) in [5, 5.41) is 11.7. The Hall–Kier alpha value is -2.90. The lowest BCUT2D eigenvalue weighted by Gasteiger charge is -2.30. The van der Waals surface area contributed by atoms with E-state index in [1.807, 2.05) is 0 Å². The molecule has 2 amide bonds. The molecule has 8 heteroatoms. The van der Waals surface area contributed by atoms with Gasteiger partial charge in [-0.1, -0.05) is 6.07 Å². The van der Waals surface area contributed by atoms with Crippen molar-refractivity contribution >= 4 is 12.0 Å². The highest BCUT2D eigenvalue weighted by atomic mass is 19.1. The van der Waals surface area contributed by atoms with Crippen LogP contribution < -0.4 is 5.32 Å². The average Bonchev–Trinajstić information content (AvgIpc) is 3.05. The number of urea groups is 1. The van der Waals surface area contributed by atoms with E-state index in [1.54, 1.807) is 40.9 Å². The molecule has 2 N–H and O–H groups in total. The summed E-state index contributed by atoms with van der Waals surface area (Å²) in [6.07, 6.45) is 4.21. The van der Waals surface area contributed by atoms with E-state index in [0.717, 1.165) is 0 Å². The van der Waals surface area contributed by atoms with E-state index in [4.69, 9.17) is 5.11 Å². The number of hydrogen-bond donors (Lipinski definition) is 2. The lowest BCUT2D eigenvalue weighted by Crippen LogP contribution is -2.45. The molecule has 0 unspecified atom stereocenters. The molecule has 1 fully saturated rings. The summed E-state index contributed by atoms with van der Waals surface area (Å²) in [4.78, 5) is 28.8. The van der Waals surface area contributed by atoms with E-state index in [1.165, 1.54) is 6.07 Å². The zero-order valence-electron chi connectivity index (χ0n) is 14.5. The van der Waals surface area contributed by atoms with Gasteiger partial charge in [0, 0.05) is 32.0 Å². The minimum Gasteiger partial charge on any atom is -0.481 e. The summed E-state index contributed by atoms with van der Waals surface area (Å²) in [5.74, 6) is -0.893. The van der Waals surface area contributed by atoms with Gasteiger partial charge in [0.15, 0.2) is 0 Å². The summed E-state index contributed by atoms with van der Waals surface area (Å²) in [7, 11) is 0. The van der Waals surface area contributed by atoms with Crippen LogP contribution in [0.2, 0.25) is 0 Å². The van der Waals surface area contributed by atoms with Crippen molar-refractivity contribution in [2.24, 2.45) is 5.92 Å². The molecule has 0 bridgehead atoms. The second kappa shape index (κ2) is 7.55. The topological polar surface area (TPSA) is 87.5 Å². The van der Waals surface area contributed by atoms with Crippen LogP contribution >= 0.6 is 0 Å². The number of hydrogen-bond acceptors (Lipinski definition) is 3. The Morgan fingerprint density at radius 2 is 2.08 bits per heavy atom. The number of amides is 2. The number of piperidine rings is 1. The number of aromatic nitrogens is 2. The van der Waals surface area contributed by atoms with Crippen LogP contribution in [0.3, 0.4) is 0 Å². The lowest BCUT2D eigenvalue weighted by molar-refractivity contribution is -0.143. The predicted molar refractivity (Wildman–Crippen MR) is 92.4 cm³/mol.